The number of hydrogen-bond donors (Lipinski definition) is 7. The Morgan fingerprint density at radius 3 is 1.55 bits per heavy atom. The smallest absolute Gasteiger partial charge is 0.407 e. The van der Waals surface area contributed by atoms with Gasteiger partial charge in [0.1, 0.15) is 16.9 Å². The molecule has 15 heteroatoms. The molecule has 0 spiro atoms. The van der Waals surface area contributed by atoms with Crippen molar-refractivity contribution in [2.24, 2.45) is 11.8 Å². The predicted octanol–water partition coefficient (Wildman–Crippen LogP) is 4.87. The number of hydrogen-bond acceptors (Lipinski definition) is 9. The van der Waals surface area contributed by atoms with E-state index in [1.807, 2.05) is 119 Å². The first kappa shape index (κ1) is 53.2. The molecule has 0 saturated carbocycles. The standard InChI is InChI=1S/C49H71N5O9S/c1-32(2)24-39(41(55)28-44(57)50-30-37-22-16-11-17-23-37)53-46(59)34(5)51-45(58)29-42(56)40(25-33(3)4)54-47(60)43(27-36-20-14-10-15-21-36)64(62)31-38(26-35-18-12-9-13-19-35)52-48(61)63-49(6,7)8/h9-23,32-34,38-43,55-56H,24-31H2,1-8H3,(H,50,57)(H,51,58)(H,52,61)(H,53,59)(H,54,60)/t34-,38-,39-,40-,41?,42?,43-,64?/m0/s1. The van der Waals surface area contributed by atoms with Crippen LogP contribution in [0.3, 0.4) is 0 Å². The molecule has 3 aromatic rings. The summed E-state index contributed by atoms with van der Waals surface area (Å²) in [6.45, 7) is 14.7. The Kier molecular flexibility index (Phi) is 22.1. The van der Waals surface area contributed by atoms with Crippen molar-refractivity contribution in [3.8, 4) is 0 Å². The normalized spacial score (nSPS) is 15.4. The monoisotopic (exact) mass is 905 g/mol. The maximum absolute atomic E-state index is 14.4. The maximum atomic E-state index is 14.4. The number of benzene rings is 3. The van der Waals surface area contributed by atoms with Gasteiger partial charge in [0, 0.05) is 29.1 Å². The van der Waals surface area contributed by atoms with E-state index in [9.17, 15) is 38.4 Å². The predicted molar refractivity (Wildman–Crippen MR) is 250 cm³/mol. The fourth-order valence-corrected chi connectivity index (χ4v) is 8.61. The fraction of sp³-hybridized carbons (Fsp3) is 0.531. The van der Waals surface area contributed by atoms with Gasteiger partial charge in [0.2, 0.25) is 23.6 Å². The van der Waals surface area contributed by atoms with E-state index in [2.05, 4.69) is 26.6 Å². The van der Waals surface area contributed by atoms with Crippen molar-refractivity contribution in [1.82, 2.24) is 26.6 Å². The summed E-state index contributed by atoms with van der Waals surface area (Å²) in [6, 6.07) is 24.5. The number of aliphatic hydroxyl groups is 2. The van der Waals surface area contributed by atoms with Gasteiger partial charge in [-0.15, -0.1) is 0 Å². The van der Waals surface area contributed by atoms with Crippen molar-refractivity contribution in [1.29, 1.82) is 0 Å². The molecule has 352 valence electrons. The third-order valence-corrected chi connectivity index (χ3v) is 12.0. The number of rotatable bonds is 25. The summed E-state index contributed by atoms with van der Waals surface area (Å²) in [7, 11) is -1.85. The van der Waals surface area contributed by atoms with Crippen molar-refractivity contribution < 1.29 is 43.1 Å². The third-order valence-electron chi connectivity index (χ3n) is 10.2. The van der Waals surface area contributed by atoms with Gasteiger partial charge in [-0.25, -0.2) is 4.79 Å². The average molecular weight is 906 g/mol. The SMILES string of the molecule is CC(C)C[C@H](NC(=O)[C@H](C)NC(=O)CC(O)[C@H](CC(C)C)NC(=O)[C@H](Cc1ccccc1)S(=O)C[C@H](Cc1ccccc1)NC(=O)OC(C)(C)C)C(O)CC(=O)NCc1ccccc1. The van der Waals surface area contributed by atoms with Gasteiger partial charge in [-0.1, -0.05) is 119 Å². The van der Waals surface area contributed by atoms with Crippen molar-refractivity contribution in [2.45, 2.75) is 148 Å². The minimum atomic E-state index is -1.85. The Bertz CT molecular complexity index is 1930. The summed E-state index contributed by atoms with van der Waals surface area (Å²) in [4.78, 5) is 66.6. The van der Waals surface area contributed by atoms with Gasteiger partial charge in [-0.05, 0) is 81.9 Å². The van der Waals surface area contributed by atoms with Crippen LogP contribution in [-0.4, -0.2) is 97.1 Å². The number of nitrogens with one attached hydrogen (secondary N) is 5. The molecule has 7 N–H and O–H groups in total. The van der Waals surface area contributed by atoms with Crippen LogP contribution in [-0.2, 0) is 54.1 Å². The van der Waals surface area contributed by atoms with Crippen LogP contribution in [0.4, 0.5) is 4.79 Å². The first-order valence-corrected chi connectivity index (χ1v) is 23.6. The first-order valence-electron chi connectivity index (χ1n) is 22.2. The molecule has 64 heavy (non-hydrogen) atoms. The van der Waals surface area contributed by atoms with Crippen LogP contribution < -0.4 is 26.6 Å². The average Bonchev–Trinajstić information content (AvgIpc) is 3.21. The van der Waals surface area contributed by atoms with Crippen LogP contribution in [0.1, 0.15) is 97.8 Å². The summed E-state index contributed by atoms with van der Waals surface area (Å²) >= 11 is 0. The Labute approximate surface area is 381 Å². The van der Waals surface area contributed by atoms with Crippen LogP contribution in [0.25, 0.3) is 0 Å². The quantitative estimate of drug-likeness (QED) is 0.0618. The van der Waals surface area contributed by atoms with E-state index in [4.69, 9.17) is 4.74 Å². The summed E-state index contributed by atoms with van der Waals surface area (Å²) in [5, 5.41) is 35.4. The molecule has 5 amide bonds. The molecular formula is C49H71N5O9S. The highest BCUT2D eigenvalue weighted by Gasteiger charge is 2.34. The number of carbonyl (C=O) groups excluding carboxylic acids is 5. The number of aliphatic hydroxyl groups excluding tert-OH is 2. The molecule has 14 nitrogen and oxygen atoms in total. The Morgan fingerprint density at radius 2 is 1.06 bits per heavy atom. The number of alkyl carbamates (subject to hydrolysis) is 1. The van der Waals surface area contributed by atoms with Gasteiger partial charge in [0.05, 0.1) is 37.1 Å². The second-order valence-electron chi connectivity index (χ2n) is 18.3. The Morgan fingerprint density at radius 1 is 0.609 bits per heavy atom. The highest BCUT2D eigenvalue weighted by atomic mass is 32.2. The van der Waals surface area contributed by atoms with Crippen LogP contribution >= 0.6 is 0 Å². The highest BCUT2D eigenvalue weighted by molar-refractivity contribution is 7.86. The number of amides is 5. The van der Waals surface area contributed by atoms with Gasteiger partial charge in [-0.2, -0.15) is 0 Å². The van der Waals surface area contributed by atoms with Crippen molar-refractivity contribution in [3.63, 3.8) is 0 Å². The van der Waals surface area contributed by atoms with Gasteiger partial charge < -0.3 is 41.5 Å². The van der Waals surface area contributed by atoms with Crippen molar-refractivity contribution in [2.75, 3.05) is 5.75 Å². The van der Waals surface area contributed by atoms with Crippen LogP contribution in [0.5, 0.6) is 0 Å². The molecule has 0 aliphatic carbocycles. The third kappa shape index (κ3) is 20.6. The number of carbonyl (C=O) groups is 5. The Balaban J connectivity index is 1.71. The zero-order chi connectivity index (χ0) is 47.4. The second-order valence-corrected chi connectivity index (χ2v) is 20.0. The van der Waals surface area contributed by atoms with Crippen molar-refractivity contribution in [3.05, 3.63) is 108 Å². The molecule has 0 aromatic heterocycles. The lowest BCUT2D eigenvalue weighted by Gasteiger charge is -2.29. The fourth-order valence-electron chi connectivity index (χ4n) is 7.09. The second kappa shape index (κ2) is 26.6. The van der Waals surface area contributed by atoms with E-state index in [-0.39, 0.29) is 42.8 Å². The zero-order valence-corrected chi connectivity index (χ0v) is 39.5. The van der Waals surface area contributed by atoms with E-state index in [0.717, 1.165) is 16.7 Å². The molecule has 0 saturated heterocycles. The van der Waals surface area contributed by atoms with E-state index in [1.165, 1.54) is 6.92 Å². The van der Waals surface area contributed by atoms with Crippen LogP contribution in [0.15, 0.2) is 91.0 Å². The summed E-state index contributed by atoms with van der Waals surface area (Å²) in [5.74, 6) is -2.23. The summed E-state index contributed by atoms with van der Waals surface area (Å²) in [5.41, 5.74) is 1.79. The number of ether oxygens (including phenoxy) is 1. The van der Waals surface area contributed by atoms with Crippen LogP contribution in [0, 0.1) is 11.8 Å². The Hall–Kier alpha value is -5.12. The van der Waals surface area contributed by atoms with Crippen molar-refractivity contribution >= 4 is 40.5 Å². The lowest BCUT2D eigenvalue weighted by molar-refractivity contribution is -0.131. The molecule has 0 radical (unpaired) electrons. The van der Waals surface area contributed by atoms with Gasteiger partial charge in [0.25, 0.3) is 0 Å². The first-order chi connectivity index (χ1) is 30.2. The lowest BCUT2D eigenvalue weighted by atomic mass is 9.96. The molecule has 0 bridgehead atoms. The van der Waals surface area contributed by atoms with Gasteiger partial charge in [-0.3, -0.25) is 23.4 Å². The topological polar surface area (TPSA) is 212 Å². The maximum Gasteiger partial charge on any atom is 0.407 e. The molecule has 3 aromatic carbocycles. The van der Waals surface area contributed by atoms with Crippen LogP contribution in [0.2, 0.25) is 0 Å². The summed E-state index contributed by atoms with van der Waals surface area (Å²) < 4.78 is 19.9. The largest absolute Gasteiger partial charge is 0.444 e. The van der Waals surface area contributed by atoms with E-state index < -0.39 is 88.3 Å². The van der Waals surface area contributed by atoms with E-state index in [1.54, 1.807) is 20.8 Å². The summed E-state index contributed by atoms with van der Waals surface area (Å²) in [6.07, 6.45) is -2.85. The van der Waals surface area contributed by atoms with Gasteiger partial charge in [0.15, 0.2) is 0 Å². The molecule has 3 rings (SSSR count). The minimum Gasteiger partial charge on any atom is -0.444 e. The van der Waals surface area contributed by atoms with E-state index >= 15 is 0 Å². The molecule has 0 aliphatic rings. The molecule has 0 heterocycles. The zero-order valence-electron chi connectivity index (χ0n) is 38.7. The molecule has 8 atom stereocenters. The molecule has 0 fully saturated rings. The molecule has 3 unspecified atom stereocenters. The van der Waals surface area contributed by atoms with Gasteiger partial charge >= 0.3 is 6.09 Å². The minimum absolute atomic E-state index is 0.0243. The highest BCUT2D eigenvalue weighted by Crippen LogP contribution is 2.17. The van der Waals surface area contributed by atoms with E-state index in [0.29, 0.717) is 19.4 Å². The molecule has 0 aliphatic heterocycles. The molecular weight excluding hydrogens is 835 g/mol. The lowest BCUT2D eigenvalue weighted by Crippen LogP contribution is -2.54.